The number of hydrogen-bond acceptors (Lipinski definition) is 3. The molecule has 3 heteroatoms. The number of hydrogen-bond donors (Lipinski definition) is 1. The molecule has 3 aromatic rings. The largest absolute Gasteiger partial charge is 0.485 e. The van der Waals surface area contributed by atoms with Gasteiger partial charge in [-0.3, -0.25) is 0 Å². The van der Waals surface area contributed by atoms with Crippen LogP contribution in [0.1, 0.15) is 37.3 Å². The fraction of sp³-hybridized carbons (Fsp3) is 0.217. The van der Waals surface area contributed by atoms with E-state index < -0.39 is 0 Å². The summed E-state index contributed by atoms with van der Waals surface area (Å²) in [6.07, 6.45) is 1.07. The van der Waals surface area contributed by atoms with Gasteiger partial charge in [-0.15, -0.1) is 0 Å². The van der Waals surface area contributed by atoms with E-state index in [1.165, 1.54) is 5.56 Å². The van der Waals surface area contributed by atoms with Gasteiger partial charge in [0.2, 0.25) is 0 Å². The maximum atomic E-state index is 6.23. The summed E-state index contributed by atoms with van der Waals surface area (Å²) >= 11 is 0. The molecule has 0 aliphatic carbocycles. The number of benzene rings is 3. The molecule has 0 fully saturated rings. The highest BCUT2D eigenvalue weighted by molar-refractivity contribution is 5.46. The van der Waals surface area contributed by atoms with Gasteiger partial charge in [0.05, 0.1) is 0 Å². The van der Waals surface area contributed by atoms with Crippen LogP contribution in [0.25, 0.3) is 0 Å². The van der Waals surface area contributed by atoms with Crippen LogP contribution in [-0.2, 0) is 6.61 Å². The van der Waals surface area contributed by atoms with Crippen LogP contribution < -0.4 is 15.2 Å². The minimum absolute atomic E-state index is 0.439. The maximum absolute atomic E-state index is 6.23. The highest BCUT2D eigenvalue weighted by atomic mass is 16.5. The molecule has 0 amide bonds. The number of anilines is 1. The van der Waals surface area contributed by atoms with Crippen molar-refractivity contribution < 1.29 is 9.47 Å². The van der Waals surface area contributed by atoms with Crippen molar-refractivity contribution in [3.8, 4) is 17.2 Å². The van der Waals surface area contributed by atoms with E-state index in [4.69, 9.17) is 15.2 Å². The first kappa shape index (κ1) is 17.9. The van der Waals surface area contributed by atoms with Gasteiger partial charge in [0.1, 0.15) is 12.4 Å². The summed E-state index contributed by atoms with van der Waals surface area (Å²) in [6.45, 7) is 4.87. The first-order chi connectivity index (χ1) is 12.7. The summed E-state index contributed by atoms with van der Waals surface area (Å²) in [6, 6.07) is 23.7. The first-order valence-electron chi connectivity index (χ1n) is 9.00. The standard InChI is InChI=1S/C23H25NO2/c1-3-17(2)20-8-4-5-9-21(20)26-23-11-7-6-10-22(23)25-16-18-12-14-19(24)15-13-18/h4-15,17H,3,16,24H2,1-2H3. The highest BCUT2D eigenvalue weighted by Crippen LogP contribution is 2.36. The first-order valence-corrected chi connectivity index (χ1v) is 9.00. The average Bonchev–Trinajstić information content (AvgIpc) is 2.68. The molecule has 0 bridgehead atoms. The SMILES string of the molecule is CCC(C)c1ccccc1Oc1ccccc1OCc1ccc(N)cc1. The van der Waals surface area contributed by atoms with Gasteiger partial charge in [-0.2, -0.15) is 0 Å². The molecule has 2 N–H and O–H groups in total. The van der Waals surface area contributed by atoms with Crippen molar-refractivity contribution in [2.75, 3.05) is 5.73 Å². The minimum Gasteiger partial charge on any atom is -0.485 e. The zero-order valence-electron chi connectivity index (χ0n) is 15.3. The Balaban J connectivity index is 1.78. The summed E-state index contributed by atoms with van der Waals surface area (Å²) in [5.41, 5.74) is 8.76. The Hall–Kier alpha value is -2.94. The van der Waals surface area contributed by atoms with Crippen molar-refractivity contribution in [1.29, 1.82) is 0 Å². The molecule has 0 saturated heterocycles. The van der Waals surface area contributed by atoms with Gasteiger partial charge in [-0.05, 0) is 53.8 Å². The van der Waals surface area contributed by atoms with Crippen molar-refractivity contribution in [2.24, 2.45) is 0 Å². The summed E-state index contributed by atoms with van der Waals surface area (Å²) in [5.74, 6) is 2.77. The summed E-state index contributed by atoms with van der Waals surface area (Å²) in [5, 5.41) is 0. The van der Waals surface area contributed by atoms with Crippen LogP contribution in [0.3, 0.4) is 0 Å². The topological polar surface area (TPSA) is 44.5 Å². The summed E-state index contributed by atoms with van der Waals surface area (Å²) in [7, 11) is 0. The number of rotatable bonds is 7. The molecule has 0 aliphatic heterocycles. The Morgan fingerprint density at radius 1 is 0.808 bits per heavy atom. The van der Waals surface area contributed by atoms with Crippen LogP contribution in [0, 0.1) is 0 Å². The van der Waals surface area contributed by atoms with E-state index in [9.17, 15) is 0 Å². The molecule has 3 rings (SSSR count). The molecule has 134 valence electrons. The molecule has 3 aromatic carbocycles. The lowest BCUT2D eigenvalue weighted by molar-refractivity contribution is 0.291. The molecule has 0 radical (unpaired) electrons. The second kappa shape index (κ2) is 8.43. The van der Waals surface area contributed by atoms with Crippen molar-refractivity contribution in [3.63, 3.8) is 0 Å². The third-order valence-corrected chi connectivity index (χ3v) is 4.51. The highest BCUT2D eigenvalue weighted by Gasteiger charge is 2.12. The Labute approximate surface area is 155 Å². The average molecular weight is 347 g/mol. The van der Waals surface area contributed by atoms with Crippen molar-refractivity contribution in [2.45, 2.75) is 32.8 Å². The van der Waals surface area contributed by atoms with Crippen molar-refractivity contribution >= 4 is 5.69 Å². The van der Waals surface area contributed by atoms with E-state index in [-0.39, 0.29) is 0 Å². The Bertz CT molecular complexity index is 843. The number of ether oxygens (including phenoxy) is 2. The smallest absolute Gasteiger partial charge is 0.169 e. The Morgan fingerprint density at radius 3 is 2.12 bits per heavy atom. The maximum Gasteiger partial charge on any atom is 0.169 e. The molecule has 0 spiro atoms. The zero-order chi connectivity index (χ0) is 18.4. The van der Waals surface area contributed by atoms with Crippen LogP contribution >= 0.6 is 0 Å². The monoisotopic (exact) mass is 347 g/mol. The number of nitrogens with two attached hydrogens (primary N) is 1. The fourth-order valence-corrected chi connectivity index (χ4v) is 2.75. The van der Waals surface area contributed by atoms with Crippen LogP contribution in [0.2, 0.25) is 0 Å². The Kier molecular flexibility index (Phi) is 5.80. The van der Waals surface area contributed by atoms with E-state index in [0.717, 1.165) is 34.9 Å². The van der Waals surface area contributed by atoms with Crippen molar-refractivity contribution in [3.05, 3.63) is 83.9 Å². The number of nitrogen functional groups attached to an aromatic ring is 1. The van der Waals surface area contributed by atoms with E-state index in [2.05, 4.69) is 26.0 Å². The predicted molar refractivity (Wildman–Crippen MR) is 107 cm³/mol. The number of para-hydroxylation sites is 3. The predicted octanol–water partition coefficient (Wildman–Crippen LogP) is 6.15. The normalized spacial score (nSPS) is 11.8. The zero-order valence-corrected chi connectivity index (χ0v) is 15.3. The fourth-order valence-electron chi connectivity index (χ4n) is 2.75. The lowest BCUT2D eigenvalue weighted by Gasteiger charge is -2.17. The molecule has 0 aliphatic rings. The van der Waals surface area contributed by atoms with Gasteiger partial charge in [-0.1, -0.05) is 56.3 Å². The molecule has 26 heavy (non-hydrogen) atoms. The molecule has 1 atom stereocenters. The van der Waals surface area contributed by atoms with Gasteiger partial charge in [0.15, 0.2) is 11.5 Å². The summed E-state index contributed by atoms with van der Waals surface area (Å²) in [4.78, 5) is 0. The minimum atomic E-state index is 0.439. The van der Waals surface area contributed by atoms with Crippen LogP contribution in [0.15, 0.2) is 72.8 Å². The van der Waals surface area contributed by atoms with E-state index >= 15 is 0 Å². The molecule has 0 heterocycles. The summed E-state index contributed by atoms with van der Waals surface area (Å²) < 4.78 is 12.2. The molecular weight excluding hydrogens is 322 g/mol. The van der Waals surface area contributed by atoms with Crippen LogP contribution in [0.5, 0.6) is 17.2 Å². The second-order valence-corrected chi connectivity index (χ2v) is 6.43. The van der Waals surface area contributed by atoms with Crippen molar-refractivity contribution in [1.82, 2.24) is 0 Å². The van der Waals surface area contributed by atoms with E-state index in [1.807, 2.05) is 60.7 Å². The van der Waals surface area contributed by atoms with E-state index in [0.29, 0.717) is 12.5 Å². The molecule has 0 aromatic heterocycles. The lowest BCUT2D eigenvalue weighted by Crippen LogP contribution is -1.99. The molecule has 1 unspecified atom stereocenters. The van der Waals surface area contributed by atoms with Crippen LogP contribution in [-0.4, -0.2) is 0 Å². The van der Waals surface area contributed by atoms with Gasteiger partial charge in [0, 0.05) is 5.69 Å². The van der Waals surface area contributed by atoms with Gasteiger partial charge in [-0.25, -0.2) is 0 Å². The quantitative estimate of drug-likeness (QED) is 0.521. The van der Waals surface area contributed by atoms with Crippen LogP contribution in [0.4, 0.5) is 5.69 Å². The molecule has 3 nitrogen and oxygen atoms in total. The third-order valence-electron chi connectivity index (χ3n) is 4.51. The lowest BCUT2D eigenvalue weighted by atomic mass is 9.98. The third kappa shape index (κ3) is 4.37. The van der Waals surface area contributed by atoms with Gasteiger partial charge >= 0.3 is 0 Å². The Morgan fingerprint density at radius 2 is 1.42 bits per heavy atom. The van der Waals surface area contributed by atoms with Gasteiger partial charge in [0.25, 0.3) is 0 Å². The molecule has 0 saturated carbocycles. The van der Waals surface area contributed by atoms with E-state index in [1.54, 1.807) is 0 Å². The molecular formula is C23H25NO2. The van der Waals surface area contributed by atoms with Gasteiger partial charge < -0.3 is 15.2 Å². The second-order valence-electron chi connectivity index (χ2n) is 6.43.